The van der Waals surface area contributed by atoms with Gasteiger partial charge in [0.05, 0.1) is 15.7 Å². The summed E-state index contributed by atoms with van der Waals surface area (Å²) in [5.41, 5.74) is 12.9. The molecule has 0 aliphatic carbocycles. The van der Waals surface area contributed by atoms with Crippen LogP contribution in [0.3, 0.4) is 0 Å². The molecule has 0 atom stereocenters. The lowest BCUT2D eigenvalue weighted by molar-refractivity contribution is 1.14. The van der Waals surface area contributed by atoms with Gasteiger partial charge in [-0.2, -0.15) is 0 Å². The molecule has 0 unspecified atom stereocenters. The summed E-state index contributed by atoms with van der Waals surface area (Å²) in [7, 11) is 0. The average molecular weight is 304 g/mol. The van der Waals surface area contributed by atoms with Gasteiger partial charge in [0.1, 0.15) is 11.5 Å². The summed E-state index contributed by atoms with van der Waals surface area (Å²) in [5.74, 6) is 0.457. The van der Waals surface area contributed by atoms with Crippen LogP contribution in [0.5, 0.6) is 0 Å². The van der Waals surface area contributed by atoms with Crippen molar-refractivity contribution in [3.63, 3.8) is 0 Å². The highest BCUT2D eigenvalue weighted by Crippen LogP contribution is 2.37. The minimum Gasteiger partial charge on any atom is -0.382 e. The van der Waals surface area contributed by atoms with Crippen LogP contribution in [0.2, 0.25) is 15.1 Å². The van der Waals surface area contributed by atoms with E-state index in [0.29, 0.717) is 32.0 Å². The molecule has 1 aromatic carbocycles. The molecule has 1 aromatic heterocycles. The van der Waals surface area contributed by atoms with E-state index in [-0.39, 0.29) is 11.6 Å². The third-order valence-corrected chi connectivity index (χ3v) is 3.40. The van der Waals surface area contributed by atoms with E-state index in [0.717, 1.165) is 0 Å². The molecule has 0 amide bonds. The predicted octanol–water partition coefficient (Wildman–Crippen LogP) is 3.58. The zero-order valence-electron chi connectivity index (χ0n) is 9.34. The smallest absolute Gasteiger partial charge is 0.152 e. The molecule has 2 rings (SSSR count). The second-order valence-corrected chi connectivity index (χ2v) is 4.90. The highest BCUT2D eigenvalue weighted by molar-refractivity contribution is 6.45. The van der Waals surface area contributed by atoms with E-state index < -0.39 is 0 Å². The standard InChI is InChI=1S/C11H9Cl3N4/c1-4-10(15)18-11(16)9(17-4)6-2-5(12)3-7(13)8(6)14/h2-3H,1H3,(H4,15,16,18). The maximum absolute atomic E-state index is 6.12. The zero-order valence-corrected chi connectivity index (χ0v) is 11.6. The van der Waals surface area contributed by atoms with E-state index in [1.807, 2.05) is 0 Å². The summed E-state index contributed by atoms with van der Waals surface area (Å²) in [6, 6.07) is 3.18. The Morgan fingerprint density at radius 1 is 1.00 bits per heavy atom. The van der Waals surface area contributed by atoms with Gasteiger partial charge in [-0.25, -0.2) is 9.97 Å². The Bertz CT molecular complexity index is 628. The van der Waals surface area contributed by atoms with Crippen molar-refractivity contribution in [3.05, 3.63) is 32.9 Å². The van der Waals surface area contributed by atoms with Gasteiger partial charge in [-0.3, -0.25) is 0 Å². The molecular weight excluding hydrogens is 295 g/mol. The number of halogens is 3. The fraction of sp³-hybridized carbons (Fsp3) is 0.0909. The third-order valence-electron chi connectivity index (χ3n) is 2.38. The van der Waals surface area contributed by atoms with E-state index in [1.54, 1.807) is 19.1 Å². The SMILES string of the molecule is Cc1nc(-c2cc(Cl)cc(Cl)c2Cl)c(N)nc1N. The van der Waals surface area contributed by atoms with Gasteiger partial charge in [0.15, 0.2) is 5.82 Å². The largest absolute Gasteiger partial charge is 0.382 e. The first-order valence-corrected chi connectivity index (χ1v) is 6.08. The van der Waals surface area contributed by atoms with Crippen LogP contribution in [-0.4, -0.2) is 9.97 Å². The van der Waals surface area contributed by atoms with Crippen molar-refractivity contribution in [2.45, 2.75) is 6.92 Å². The Morgan fingerprint density at radius 2 is 1.67 bits per heavy atom. The minimum atomic E-state index is 0.179. The molecule has 0 saturated heterocycles. The lowest BCUT2D eigenvalue weighted by Crippen LogP contribution is -2.04. The second kappa shape index (κ2) is 4.80. The fourth-order valence-corrected chi connectivity index (χ4v) is 2.16. The Balaban J connectivity index is 2.73. The molecule has 0 radical (unpaired) electrons. The molecule has 2 aromatic rings. The quantitative estimate of drug-likeness (QED) is 0.789. The number of hydrogen-bond donors (Lipinski definition) is 2. The van der Waals surface area contributed by atoms with E-state index >= 15 is 0 Å². The van der Waals surface area contributed by atoms with Gasteiger partial charge < -0.3 is 11.5 Å². The average Bonchev–Trinajstić information content (AvgIpc) is 2.29. The van der Waals surface area contributed by atoms with E-state index in [2.05, 4.69) is 9.97 Å². The van der Waals surface area contributed by atoms with Gasteiger partial charge >= 0.3 is 0 Å². The molecule has 4 nitrogen and oxygen atoms in total. The van der Waals surface area contributed by atoms with Crippen molar-refractivity contribution < 1.29 is 0 Å². The predicted molar refractivity (Wildman–Crippen MR) is 76.1 cm³/mol. The Hall–Kier alpha value is -1.23. The van der Waals surface area contributed by atoms with E-state index in [4.69, 9.17) is 46.3 Å². The van der Waals surface area contributed by atoms with Gasteiger partial charge in [0, 0.05) is 10.6 Å². The molecule has 1 heterocycles. The lowest BCUT2D eigenvalue weighted by atomic mass is 10.1. The van der Waals surface area contributed by atoms with Gasteiger partial charge in [0.2, 0.25) is 0 Å². The van der Waals surface area contributed by atoms with Crippen molar-refractivity contribution >= 4 is 46.4 Å². The summed E-state index contributed by atoms with van der Waals surface area (Å²) >= 11 is 18.0. The number of nitrogen functional groups attached to an aromatic ring is 2. The highest BCUT2D eigenvalue weighted by Gasteiger charge is 2.15. The minimum absolute atomic E-state index is 0.179. The normalized spacial score (nSPS) is 10.7. The van der Waals surface area contributed by atoms with E-state index in [1.165, 1.54) is 0 Å². The third kappa shape index (κ3) is 2.32. The van der Waals surface area contributed by atoms with Crippen LogP contribution in [0.15, 0.2) is 12.1 Å². The monoisotopic (exact) mass is 302 g/mol. The molecule has 0 spiro atoms. The Kier molecular flexibility index (Phi) is 3.52. The molecule has 18 heavy (non-hydrogen) atoms. The highest BCUT2D eigenvalue weighted by atomic mass is 35.5. The molecule has 7 heteroatoms. The summed E-state index contributed by atoms with van der Waals surface area (Å²) in [6.07, 6.45) is 0. The molecule has 94 valence electrons. The van der Waals surface area contributed by atoms with Crippen molar-refractivity contribution in [2.75, 3.05) is 11.5 Å². The molecule has 0 bridgehead atoms. The molecule has 0 aliphatic heterocycles. The van der Waals surface area contributed by atoms with Crippen LogP contribution in [0, 0.1) is 6.92 Å². The number of aryl methyl sites for hydroxylation is 1. The number of anilines is 2. The van der Waals surface area contributed by atoms with Crippen LogP contribution in [0.1, 0.15) is 5.69 Å². The van der Waals surface area contributed by atoms with Crippen molar-refractivity contribution in [2.24, 2.45) is 0 Å². The zero-order chi connectivity index (χ0) is 13.4. The molecule has 0 fully saturated rings. The number of benzene rings is 1. The number of hydrogen-bond acceptors (Lipinski definition) is 4. The van der Waals surface area contributed by atoms with Crippen LogP contribution < -0.4 is 11.5 Å². The summed E-state index contributed by atoms with van der Waals surface area (Å²) in [5, 5.41) is 1.09. The number of aromatic nitrogens is 2. The van der Waals surface area contributed by atoms with Gasteiger partial charge in [0.25, 0.3) is 0 Å². The Morgan fingerprint density at radius 3 is 2.33 bits per heavy atom. The number of nitrogens with two attached hydrogens (primary N) is 2. The van der Waals surface area contributed by atoms with Crippen LogP contribution in [0.4, 0.5) is 11.6 Å². The molecule has 0 saturated carbocycles. The van der Waals surface area contributed by atoms with Gasteiger partial charge in [-0.15, -0.1) is 0 Å². The molecule has 0 aliphatic rings. The van der Waals surface area contributed by atoms with Crippen molar-refractivity contribution in [1.82, 2.24) is 9.97 Å². The maximum atomic E-state index is 6.12. The van der Waals surface area contributed by atoms with Gasteiger partial charge in [-0.1, -0.05) is 34.8 Å². The second-order valence-electron chi connectivity index (χ2n) is 3.68. The van der Waals surface area contributed by atoms with Crippen LogP contribution >= 0.6 is 34.8 Å². The van der Waals surface area contributed by atoms with E-state index in [9.17, 15) is 0 Å². The first-order chi connectivity index (χ1) is 8.40. The number of nitrogens with zero attached hydrogens (tertiary/aromatic N) is 2. The van der Waals surface area contributed by atoms with Crippen LogP contribution in [-0.2, 0) is 0 Å². The van der Waals surface area contributed by atoms with Crippen molar-refractivity contribution in [3.8, 4) is 11.3 Å². The number of rotatable bonds is 1. The van der Waals surface area contributed by atoms with Crippen molar-refractivity contribution in [1.29, 1.82) is 0 Å². The first kappa shape index (κ1) is 13.2. The first-order valence-electron chi connectivity index (χ1n) is 4.94. The summed E-state index contributed by atoms with van der Waals surface area (Å²) in [4.78, 5) is 8.27. The summed E-state index contributed by atoms with van der Waals surface area (Å²) in [6.45, 7) is 1.73. The molecule has 4 N–H and O–H groups in total. The van der Waals surface area contributed by atoms with Gasteiger partial charge in [-0.05, 0) is 19.1 Å². The summed E-state index contributed by atoms with van der Waals surface area (Å²) < 4.78 is 0. The topological polar surface area (TPSA) is 77.8 Å². The maximum Gasteiger partial charge on any atom is 0.152 e. The lowest BCUT2D eigenvalue weighted by Gasteiger charge is -2.10. The van der Waals surface area contributed by atoms with Crippen LogP contribution in [0.25, 0.3) is 11.3 Å². The fourth-order valence-electron chi connectivity index (χ4n) is 1.47. The molecular formula is C11H9Cl3N4. The Labute approximate surface area is 119 Å².